The monoisotopic (exact) mass is 450 g/mol. The Morgan fingerprint density at radius 3 is 2.59 bits per heavy atom. The number of amides is 2. The van der Waals surface area contributed by atoms with E-state index in [9.17, 15) is 9.59 Å². The second kappa shape index (κ2) is 10.1. The van der Waals surface area contributed by atoms with E-state index >= 15 is 0 Å². The van der Waals surface area contributed by atoms with Gasteiger partial charge in [0, 0.05) is 11.1 Å². The zero-order valence-electron chi connectivity index (χ0n) is 15.0. The van der Waals surface area contributed by atoms with E-state index in [1.807, 2.05) is 18.2 Å². The van der Waals surface area contributed by atoms with Crippen LogP contribution in [-0.2, 0) is 9.59 Å². The van der Waals surface area contributed by atoms with Gasteiger partial charge in [0.05, 0.1) is 4.47 Å². The van der Waals surface area contributed by atoms with Crippen LogP contribution in [0.1, 0.15) is 30.9 Å². The average Bonchev–Trinajstić information content (AvgIpc) is 2.64. The molecule has 0 aromatic heterocycles. The highest BCUT2D eigenvalue weighted by Gasteiger charge is 2.08. The lowest BCUT2D eigenvalue weighted by atomic mass is 10.0. The highest BCUT2D eigenvalue weighted by Crippen LogP contribution is 2.28. The molecule has 0 saturated carbocycles. The summed E-state index contributed by atoms with van der Waals surface area (Å²) in [7, 11) is 0. The molecule has 2 rings (SSSR count). The molecule has 0 radical (unpaired) electrons. The summed E-state index contributed by atoms with van der Waals surface area (Å²) in [5, 5.41) is 0.535. The number of halogens is 2. The maximum atomic E-state index is 11.8. The summed E-state index contributed by atoms with van der Waals surface area (Å²) in [6, 6.07) is 12.8. The average molecular weight is 452 g/mol. The van der Waals surface area contributed by atoms with Crippen molar-refractivity contribution in [2.75, 3.05) is 6.61 Å². The predicted molar refractivity (Wildman–Crippen MR) is 110 cm³/mol. The van der Waals surface area contributed by atoms with Crippen LogP contribution in [0.5, 0.6) is 5.75 Å². The fourth-order valence-corrected chi connectivity index (χ4v) is 2.83. The standard InChI is InChI=1S/C20H20BrClN2O3/c1-13(2)15-7-9-18(16(21)11-15)27-12-20(26)24-23-19(25)10-8-14-5-3-4-6-17(14)22/h3-11,13H,12H2,1-2H3,(H,23,25)(H,24,26)/b10-8+. The summed E-state index contributed by atoms with van der Waals surface area (Å²) in [4.78, 5) is 23.6. The van der Waals surface area contributed by atoms with Gasteiger partial charge < -0.3 is 4.74 Å². The molecule has 0 atom stereocenters. The number of ether oxygens (including phenoxy) is 1. The summed E-state index contributed by atoms with van der Waals surface area (Å²) < 4.78 is 6.24. The van der Waals surface area contributed by atoms with Crippen LogP contribution < -0.4 is 15.6 Å². The third-order valence-electron chi connectivity index (χ3n) is 3.63. The van der Waals surface area contributed by atoms with Crippen molar-refractivity contribution >= 4 is 45.4 Å². The Bertz CT molecular complexity index is 853. The van der Waals surface area contributed by atoms with E-state index in [1.54, 1.807) is 30.3 Å². The molecule has 142 valence electrons. The van der Waals surface area contributed by atoms with Crippen LogP contribution in [0, 0.1) is 0 Å². The molecule has 5 nitrogen and oxygen atoms in total. The van der Waals surface area contributed by atoms with Crippen LogP contribution >= 0.6 is 27.5 Å². The lowest BCUT2D eigenvalue weighted by Crippen LogP contribution is -2.43. The summed E-state index contributed by atoms with van der Waals surface area (Å²) in [6.45, 7) is 3.96. The largest absolute Gasteiger partial charge is 0.483 e. The molecule has 0 saturated heterocycles. The van der Waals surface area contributed by atoms with Crippen molar-refractivity contribution < 1.29 is 14.3 Å². The summed E-state index contributed by atoms with van der Waals surface area (Å²) >= 11 is 9.43. The van der Waals surface area contributed by atoms with Crippen LogP contribution in [0.3, 0.4) is 0 Å². The molecule has 0 unspecified atom stereocenters. The van der Waals surface area contributed by atoms with Crippen LogP contribution in [0.2, 0.25) is 5.02 Å². The third kappa shape index (κ3) is 6.73. The zero-order chi connectivity index (χ0) is 19.8. The fraction of sp³-hybridized carbons (Fsp3) is 0.200. The van der Waals surface area contributed by atoms with Gasteiger partial charge in [-0.25, -0.2) is 0 Å². The number of hydrogen-bond acceptors (Lipinski definition) is 3. The van der Waals surface area contributed by atoms with Crippen LogP contribution in [0.25, 0.3) is 6.08 Å². The second-order valence-electron chi connectivity index (χ2n) is 6.03. The van der Waals surface area contributed by atoms with E-state index in [-0.39, 0.29) is 6.61 Å². The zero-order valence-corrected chi connectivity index (χ0v) is 17.3. The van der Waals surface area contributed by atoms with Crippen LogP contribution in [0.15, 0.2) is 53.0 Å². The minimum atomic E-state index is -0.481. The van der Waals surface area contributed by atoms with E-state index in [0.717, 1.165) is 10.0 Å². The Morgan fingerprint density at radius 1 is 1.19 bits per heavy atom. The van der Waals surface area contributed by atoms with Gasteiger partial charge in [-0.1, -0.05) is 49.7 Å². The van der Waals surface area contributed by atoms with Gasteiger partial charge in [0.25, 0.3) is 11.8 Å². The Labute approximate surface area is 171 Å². The van der Waals surface area contributed by atoms with Gasteiger partial charge in [-0.05, 0) is 57.2 Å². The molecule has 0 heterocycles. The van der Waals surface area contributed by atoms with Crippen LogP contribution in [-0.4, -0.2) is 18.4 Å². The SMILES string of the molecule is CC(C)c1ccc(OCC(=O)NNC(=O)/C=C/c2ccccc2Cl)c(Br)c1. The van der Waals surface area contributed by atoms with Gasteiger partial charge >= 0.3 is 0 Å². The molecule has 2 aromatic carbocycles. The fourth-order valence-electron chi connectivity index (χ4n) is 2.12. The van der Waals surface area contributed by atoms with E-state index in [1.165, 1.54) is 6.08 Å². The molecule has 0 spiro atoms. The molecule has 7 heteroatoms. The van der Waals surface area contributed by atoms with Crippen molar-refractivity contribution in [3.8, 4) is 5.75 Å². The Hall–Kier alpha value is -2.31. The van der Waals surface area contributed by atoms with Crippen molar-refractivity contribution in [3.05, 3.63) is 69.2 Å². The minimum Gasteiger partial charge on any atom is -0.483 e. The maximum Gasteiger partial charge on any atom is 0.276 e. The molecule has 0 aliphatic carbocycles. The van der Waals surface area contributed by atoms with Crippen molar-refractivity contribution in [3.63, 3.8) is 0 Å². The first-order chi connectivity index (χ1) is 12.9. The van der Waals surface area contributed by atoms with E-state index in [0.29, 0.717) is 22.3 Å². The van der Waals surface area contributed by atoms with Gasteiger partial charge in [-0.3, -0.25) is 20.4 Å². The van der Waals surface area contributed by atoms with Crippen LogP contribution in [0.4, 0.5) is 0 Å². The Balaban J connectivity index is 1.79. The van der Waals surface area contributed by atoms with Gasteiger partial charge in [0.2, 0.25) is 0 Å². The van der Waals surface area contributed by atoms with Gasteiger partial charge in [-0.15, -0.1) is 0 Å². The second-order valence-corrected chi connectivity index (χ2v) is 7.29. The first-order valence-corrected chi connectivity index (χ1v) is 9.47. The van der Waals surface area contributed by atoms with Gasteiger partial charge in [-0.2, -0.15) is 0 Å². The molecule has 0 aliphatic heterocycles. The highest BCUT2D eigenvalue weighted by molar-refractivity contribution is 9.10. The van der Waals surface area contributed by atoms with Crippen molar-refractivity contribution in [1.29, 1.82) is 0 Å². The number of hydrogen-bond donors (Lipinski definition) is 2. The lowest BCUT2D eigenvalue weighted by molar-refractivity contribution is -0.128. The number of carbonyl (C=O) groups is 2. The maximum absolute atomic E-state index is 11.8. The van der Waals surface area contributed by atoms with E-state index < -0.39 is 11.8 Å². The first kappa shape index (κ1) is 21.0. The Kier molecular flexibility index (Phi) is 7.88. The van der Waals surface area contributed by atoms with Crippen molar-refractivity contribution in [2.24, 2.45) is 0 Å². The van der Waals surface area contributed by atoms with Crippen molar-refractivity contribution in [1.82, 2.24) is 10.9 Å². The van der Waals surface area contributed by atoms with E-state index in [2.05, 4.69) is 40.6 Å². The first-order valence-electron chi connectivity index (χ1n) is 8.30. The third-order valence-corrected chi connectivity index (χ3v) is 4.59. The summed E-state index contributed by atoms with van der Waals surface area (Å²) in [5.41, 5.74) is 6.45. The number of rotatable bonds is 6. The summed E-state index contributed by atoms with van der Waals surface area (Å²) in [5.74, 6) is -0.00718. The lowest BCUT2D eigenvalue weighted by Gasteiger charge is -2.11. The van der Waals surface area contributed by atoms with Crippen molar-refractivity contribution in [2.45, 2.75) is 19.8 Å². The molecular formula is C20H20BrClN2O3. The number of benzene rings is 2. The molecule has 2 aromatic rings. The molecular weight excluding hydrogens is 432 g/mol. The topological polar surface area (TPSA) is 67.4 Å². The normalized spacial score (nSPS) is 10.9. The number of carbonyl (C=O) groups excluding carboxylic acids is 2. The summed E-state index contributed by atoms with van der Waals surface area (Å²) in [6.07, 6.45) is 2.84. The smallest absolute Gasteiger partial charge is 0.276 e. The molecule has 2 amide bonds. The molecule has 2 N–H and O–H groups in total. The van der Waals surface area contributed by atoms with Gasteiger partial charge in [0.1, 0.15) is 5.75 Å². The highest BCUT2D eigenvalue weighted by atomic mass is 79.9. The number of hydrazine groups is 1. The van der Waals surface area contributed by atoms with E-state index in [4.69, 9.17) is 16.3 Å². The number of nitrogens with one attached hydrogen (secondary N) is 2. The molecule has 27 heavy (non-hydrogen) atoms. The molecule has 0 aliphatic rings. The predicted octanol–water partition coefficient (Wildman–Crippen LogP) is 4.47. The molecule has 0 bridgehead atoms. The minimum absolute atomic E-state index is 0.228. The Morgan fingerprint density at radius 2 is 1.93 bits per heavy atom. The molecule has 0 fully saturated rings. The van der Waals surface area contributed by atoms with Gasteiger partial charge in [0.15, 0.2) is 6.61 Å². The quantitative estimate of drug-likeness (QED) is 0.503.